The summed E-state index contributed by atoms with van der Waals surface area (Å²) in [6, 6.07) is 4.86. The van der Waals surface area contributed by atoms with E-state index in [1.807, 2.05) is 19.0 Å². The highest BCUT2D eigenvalue weighted by molar-refractivity contribution is 6.02. The van der Waals surface area contributed by atoms with E-state index in [4.69, 9.17) is 4.74 Å². The highest BCUT2D eigenvalue weighted by Crippen LogP contribution is 2.39. The highest BCUT2D eigenvalue weighted by Gasteiger charge is 2.34. The minimum atomic E-state index is -0.980. The number of halogens is 3. The van der Waals surface area contributed by atoms with Crippen LogP contribution in [0.5, 0.6) is 0 Å². The van der Waals surface area contributed by atoms with Crippen LogP contribution in [0.4, 0.5) is 35.4 Å². The van der Waals surface area contributed by atoms with E-state index in [1.165, 1.54) is 26.0 Å². The lowest BCUT2D eigenvalue weighted by Crippen LogP contribution is -2.43. The number of fused-ring (bicyclic) bond motifs is 1. The van der Waals surface area contributed by atoms with E-state index in [2.05, 4.69) is 27.2 Å². The second-order valence-electron chi connectivity index (χ2n) is 9.21. The molecule has 204 valence electrons. The van der Waals surface area contributed by atoms with E-state index >= 15 is 4.39 Å². The van der Waals surface area contributed by atoms with Gasteiger partial charge in [0.2, 0.25) is 5.95 Å². The van der Waals surface area contributed by atoms with E-state index in [1.54, 1.807) is 0 Å². The molecule has 2 N–H and O–H groups in total. The molecule has 0 spiro atoms. The highest BCUT2D eigenvalue weighted by atomic mass is 19.1. The summed E-state index contributed by atoms with van der Waals surface area (Å²) < 4.78 is 49.8. The van der Waals surface area contributed by atoms with Crippen molar-refractivity contribution in [3.05, 3.63) is 76.8 Å². The largest absolute Gasteiger partial charge is 0.428 e. The van der Waals surface area contributed by atoms with E-state index in [0.717, 1.165) is 23.1 Å². The van der Waals surface area contributed by atoms with Crippen LogP contribution >= 0.6 is 0 Å². The molecule has 0 atom stereocenters. The number of anilines is 3. The van der Waals surface area contributed by atoms with Gasteiger partial charge < -0.3 is 20.3 Å². The van der Waals surface area contributed by atoms with Crippen LogP contribution in [0, 0.1) is 24.4 Å². The normalized spacial score (nSPS) is 12.7. The lowest BCUT2D eigenvalue weighted by molar-refractivity contribution is 0.0627. The molecule has 0 radical (unpaired) electrons. The molecule has 12 heteroatoms. The predicted molar refractivity (Wildman–Crippen MR) is 140 cm³/mol. The van der Waals surface area contributed by atoms with Crippen LogP contribution in [0.25, 0.3) is 11.3 Å². The number of hydrogen-bond acceptors (Lipinski definition) is 7. The SMILES string of the molecule is C=C(C)OC(=O)c1cc(F)c(C)c(-c2nc(NCCN(C)C)nc3c2CNC(=O)N3c2c(F)cccc2F)c1. The number of benzene rings is 2. The summed E-state index contributed by atoms with van der Waals surface area (Å²) in [7, 11) is 3.74. The van der Waals surface area contributed by atoms with Gasteiger partial charge in [-0.15, -0.1) is 0 Å². The smallest absolute Gasteiger partial charge is 0.343 e. The molecule has 1 aromatic heterocycles. The van der Waals surface area contributed by atoms with Gasteiger partial charge in [0.25, 0.3) is 0 Å². The number of carbonyl (C=O) groups is 2. The summed E-state index contributed by atoms with van der Waals surface area (Å²) in [4.78, 5) is 37.2. The van der Waals surface area contributed by atoms with Crippen molar-refractivity contribution in [2.45, 2.75) is 20.4 Å². The maximum absolute atomic E-state index is 15.1. The first-order valence-electron chi connectivity index (χ1n) is 12.0. The molecule has 4 rings (SSSR count). The quantitative estimate of drug-likeness (QED) is 0.310. The number of amides is 2. The Morgan fingerprint density at radius 3 is 2.51 bits per heavy atom. The Kier molecular flexibility index (Phi) is 7.86. The van der Waals surface area contributed by atoms with Crippen molar-refractivity contribution in [2.24, 2.45) is 0 Å². The van der Waals surface area contributed by atoms with Crippen LogP contribution in [0.3, 0.4) is 0 Å². The first kappa shape index (κ1) is 27.6. The van der Waals surface area contributed by atoms with Crippen molar-refractivity contribution >= 4 is 29.5 Å². The minimum Gasteiger partial charge on any atom is -0.428 e. The molecule has 0 unspecified atom stereocenters. The zero-order valence-electron chi connectivity index (χ0n) is 21.9. The summed E-state index contributed by atoms with van der Waals surface area (Å²) >= 11 is 0. The molecule has 0 fully saturated rings. The minimum absolute atomic E-state index is 0.0387. The van der Waals surface area contributed by atoms with E-state index in [-0.39, 0.29) is 52.0 Å². The molecule has 0 aliphatic carbocycles. The Hall–Kier alpha value is -4.45. The number of nitrogens with zero attached hydrogens (tertiary/aromatic N) is 4. The zero-order chi connectivity index (χ0) is 28.4. The molecular formula is C27H27F3N6O3. The Balaban J connectivity index is 1.96. The molecule has 2 aromatic carbocycles. The topological polar surface area (TPSA) is 99.7 Å². The van der Waals surface area contributed by atoms with Crippen molar-refractivity contribution in [3.8, 4) is 11.3 Å². The standard InChI is InChI=1S/C27H27F3N6O3/c1-14(2)39-25(37)16-11-17(15(3)21(30)12-16)22-18-13-32-27(38)36(23-19(28)7-6-8-20(23)29)24(18)34-26(33-22)31-9-10-35(4)5/h6-8,11-12H,1,9-10,13H2,2-5H3,(H,32,38)(H,31,33,34). The Labute approximate surface area is 223 Å². The van der Waals surface area contributed by atoms with Crippen LogP contribution in [-0.4, -0.2) is 54.1 Å². The van der Waals surface area contributed by atoms with Gasteiger partial charge in [-0.1, -0.05) is 12.6 Å². The fourth-order valence-electron chi connectivity index (χ4n) is 4.02. The molecule has 0 saturated heterocycles. The molecule has 2 heterocycles. The maximum Gasteiger partial charge on any atom is 0.343 e. The number of aromatic nitrogens is 2. The van der Waals surface area contributed by atoms with Crippen LogP contribution in [0.15, 0.2) is 42.7 Å². The number of likely N-dealkylation sites (N-methyl/N-ethyl adjacent to an activating group) is 1. The van der Waals surface area contributed by atoms with Gasteiger partial charge in [-0.25, -0.2) is 32.6 Å². The average Bonchev–Trinajstić information content (AvgIpc) is 2.85. The number of carbonyl (C=O) groups excluding carboxylic acids is 2. The third-order valence-electron chi connectivity index (χ3n) is 5.92. The van der Waals surface area contributed by atoms with E-state index < -0.39 is 35.1 Å². The van der Waals surface area contributed by atoms with Crippen molar-refractivity contribution in [2.75, 3.05) is 37.4 Å². The molecule has 0 bridgehead atoms. The monoisotopic (exact) mass is 540 g/mol. The average molecular weight is 541 g/mol. The van der Waals surface area contributed by atoms with Gasteiger partial charge in [0, 0.05) is 24.2 Å². The van der Waals surface area contributed by atoms with Gasteiger partial charge >= 0.3 is 12.0 Å². The van der Waals surface area contributed by atoms with Crippen LogP contribution < -0.4 is 15.5 Å². The van der Waals surface area contributed by atoms with Gasteiger partial charge in [0.15, 0.2) is 5.82 Å². The molecule has 1 aliphatic rings. The fraction of sp³-hybridized carbons (Fsp3) is 0.259. The molecule has 9 nitrogen and oxygen atoms in total. The number of nitrogens with one attached hydrogen (secondary N) is 2. The number of urea groups is 1. The summed E-state index contributed by atoms with van der Waals surface area (Å²) in [6.45, 7) is 7.39. The Bertz CT molecular complexity index is 1460. The molecule has 0 saturated carbocycles. The van der Waals surface area contributed by atoms with E-state index in [9.17, 15) is 18.4 Å². The van der Waals surface area contributed by atoms with Crippen LogP contribution in [0.1, 0.15) is 28.4 Å². The third kappa shape index (κ3) is 5.70. The van der Waals surface area contributed by atoms with Crippen molar-refractivity contribution in [3.63, 3.8) is 0 Å². The second kappa shape index (κ2) is 11.1. The van der Waals surface area contributed by atoms with Gasteiger partial charge in [-0.2, -0.15) is 4.98 Å². The summed E-state index contributed by atoms with van der Waals surface area (Å²) in [6.07, 6.45) is 0. The molecule has 2 amide bonds. The predicted octanol–water partition coefficient (Wildman–Crippen LogP) is 4.89. The van der Waals surface area contributed by atoms with Gasteiger partial charge in [0.05, 0.1) is 23.6 Å². The van der Waals surface area contributed by atoms with Crippen molar-refractivity contribution in [1.29, 1.82) is 0 Å². The van der Waals surface area contributed by atoms with Crippen LogP contribution in [0.2, 0.25) is 0 Å². The molecule has 39 heavy (non-hydrogen) atoms. The molecule has 3 aromatic rings. The second-order valence-corrected chi connectivity index (χ2v) is 9.21. The van der Waals surface area contributed by atoms with Crippen LogP contribution in [-0.2, 0) is 11.3 Å². The number of allylic oxidation sites excluding steroid dienone is 1. The summed E-state index contributed by atoms with van der Waals surface area (Å²) in [5.74, 6) is -3.41. The number of ether oxygens (including phenoxy) is 1. The van der Waals surface area contributed by atoms with Crippen molar-refractivity contribution in [1.82, 2.24) is 20.2 Å². The van der Waals surface area contributed by atoms with E-state index in [0.29, 0.717) is 13.1 Å². The lowest BCUT2D eigenvalue weighted by atomic mass is 9.97. The first-order chi connectivity index (χ1) is 18.5. The number of rotatable bonds is 8. The Morgan fingerprint density at radius 2 is 1.87 bits per heavy atom. The third-order valence-corrected chi connectivity index (χ3v) is 5.92. The number of esters is 1. The van der Waals surface area contributed by atoms with Gasteiger partial charge in [0.1, 0.15) is 23.1 Å². The number of para-hydroxylation sites is 1. The molecule has 1 aliphatic heterocycles. The van der Waals surface area contributed by atoms with Gasteiger partial charge in [-0.3, -0.25) is 0 Å². The summed E-state index contributed by atoms with van der Waals surface area (Å²) in [5.41, 5.74) is 0.0772. The number of hydrogen-bond donors (Lipinski definition) is 2. The lowest BCUT2D eigenvalue weighted by Gasteiger charge is -2.31. The Morgan fingerprint density at radius 1 is 1.18 bits per heavy atom. The zero-order valence-corrected chi connectivity index (χ0v) is 21.9. The van der Waals surface area contributed by atoms with Gasteiger partial charge in [-0.05, 0) is 57.8 Å². The maximum atomic E-state index is 15.1. The van der Waals surface area contributed by atoms with Crippen molar-refractivity contribution < 1.29 is 27.5 Å². The fourth-order valence-corrected chi connectivity index (χ4v) is 4.02. The summed E-state index contributed by atoms with van der Waals surface area (Å²) in [5, 5.41) is 5.62. The molecular weight excluding hydrogens is 513 g/mol. The first-order valence-corrected chi connectivity index (χ1v) is 12.0.